The maximum absolute atomic E-state index is 14.9. The molecule has 3 aromatic carbocycles. The van der Waals surface area contributed by atoms with E-state index < -0.39 is 46.6 Å². The SMILES string of the molecule is CC(C)(C)OC(=O)N[C@@H](c1ccccc1)[C@@]1(c2ccccc2)C(=O)N(C(=O)OC(C)(C)C)c2ccc(F)cc21. The molecule has 0 radical (unpaired) electrons. The van der Waals surface area contributed by atoms with E-state index in [0.717, 1.165) is 4.90 Å². The van der Waals surface area contributed by atoms with Crippen molar-refractivity contribution in [3.05, 3.63) is 101 Å². The lowest BCUT2D eigenvalue weighted by Gasteiger charge is -2.38. The first-order chi connectivity index (χ1) is 18.2. The van der Waals surface area contributed by atoms with Crippen LogP contribution >= 0.6 is 0 Å². The summed E-state index contributed by atoms with van der Waals surface area (Å²) >= 11 is 0. The molecule has 1 N–H and O–H groups in total. The van der Waals surface area contributed by atoms with Crippen LogP contribution in [0.4, 0.5) is 19.7 Å². The molecule has 3 amide bonds. The molecule has 204 valence electrons. The van der Waals surface area contributed by atoms with E-state index in [0.29, 0.717) is 11.1 Å². The standard InChI is InChI=1S/C31H33FN2O5/c1-29(2,3)38-27(36)33-25(20-13-9-7-10-14-20)31(21-15-11-8-12-16-21)23-19-22(32)17-18-24(23)34(26(31)35)28(37)39-30(4,5)6/h7-19,25H,1-6H3,(H,33,36)/t25-,31-/m0/s1. The normalized spacial score (nSPS) is 17.8. The molecule has 7 nitrogen and oxygen atoms in total. The quantitative estimate of drug-likeness (QED) is 0.406. The van der Waals surface area contributed by atoms with Crippen LogP contribution in [0.15, 0.2) is 78.9 Å². The summed E-state index contributed by atoms with van der Waals surface area (Å²) < 4.78 is 26.1. The molecular formula is C31H33FN2O5. The molecule has 0 saturated carbocycles. The Labute approximate surface area is 227 Å². The van der Waals surface area contributed by atoms with Crippen molar-refractivity contribution < 1.29 is 28.2 Å². The second-order valence-electron chi connectivity index (χ2n) is 11.4. The van der Waals surface area contributed by atoms with Gasteiger partial charge in [0, 0.05) is 5.56 Å². The Morgan fingerprint density at radius 3 is 1.97 bits per heavy atom. The Hall–Kier alpha value is -4.20. The van der Waals surface area contributed by atoms with Gasteiger partial charge in [0.2, 0.25) is 0 Å². The van der Waals surface area contributed by atoms with E-state index in [2.05, 4.69) is 5.32 Å². The van der Waals surface area contributed by atoms with Gasteiger partial charge in [0.1, 0.15) is 22.4 Å². The molecule has 1 aliphatic heterocycles. The van der Waals surface area contributed by atoms with Gasteiger partial charge in [-0.1, -0.05) is 60.7 Å². The summed E-state index contributed by atoms with van der Waals surface area (Å²) in [6.07, 6.45) is -1.67. The van der Waals surface area contributed by atoms with E-state index in [9.17, 15) is 18.8 Å². The van der Waals surface area contributed by atoms with E-state index in [-0.39, 0.29) is 11.3 Å². The first kappa shape index (κ1) is 27.8. The van der Waals surface area contributed by atoms with Gasteiger partial charge in [-0.25, -0.2) is 18.9 Å². The average Bonchev–Trinajstić information content (AvgIpc) is 3.09. The van der Waals surface area contributed by atoms with Crippen LogP contribution < -0.4 is 10.2 Å². The number of nitrogens with zero attached hydrogens (tertiary/aromatic N) is 1. The predicted octanol–water partition coefficient (Wildman–Crippen LogP) is 6.66. The molecule has 3 aromatic rings. The Balaban J connectivity index is 2.03. The molecular weight excluding hydrogens is 499 g/mol. The third-order valence-electron chi connectivity index (χ3n) is 6.20. The van der Waals surface area contributed by atoms with E-state index in [1.165, 1.54) is 18.2 Å². The minimum Gasteiger partial charge on any atom is -0.444 e. The van der Waals surface area contributed by atoms with Crippen molar-refractivity contribution in [1.82, 2.24) is 5.32 Å². The zero-order valence-corrected chi connectivity index (χ0v) is 22.9. The van der Waals surface area contributed by atoms with Crippen molar-refractivity contribution in [3.63, 3.8) is 0 Å². The summed E-state index contributed by atoms with van der Waals surface area (Å²) in [5, 5.41) is 2.89. The molecule has 0 aliphatic carbocycles. The van der Waals surface area contributed by atoms with Crippen LogP contribution in [0.3, 0.4) is 0 Å². The molecule has 2 atom stereocenters. The van der Waals surface area contributed by atoms with Crippen molar-refractivity contribution in [3.8, 4) is 0 Å². The summed E-state index contributed by atoms with van der Waals surface area (Å²) in [6.45, 7) is 10.3. The van der Waals surface area contributed by atoms with Crippen molar-refractivity contribution in [2.75, 3.05) is 4.90 Å². The fourth-order valence-electron chi connectivity index (χ4n) is 4.85. The number of hydrogen-bond acceptors (Lipinski definition) is 5. The number of hydrogen-bond donors (Lipinski definition) is 1. The third kappa shape index (κ3) is 5.50. The molecule has 8 heteroatoms. The topological polar surface area (TPSA) is 84.9 Å². The molecule has 0 spiro atoms. The number of carbonyl (C=O) groups is 3. The highest BCUT2D eigenvalue weighted by molar-refractivity contribution is 6.23. The largest absolute Gasteiger partial charge is 0.444 e. The van der Waals surface area contributed by atoms with Crippen molar-refractivity contribution in [2.24, 2.45) is 0 Å². The van der Waals surface area contributed by atoms with Crippen LogP contribution in [0.25, 0.3) is 0 Å². The lowest BCUT2D eigenvalue weighted by molar-refractivity contribution is -0.122. The number of fused-ring (bicyclic) bond motifs is 1. The highest BCUT2D eigenvalue weighted by atomic mass is 19.1. The van der Waals surface area contributed by atoms with Gasteiger partial charge in [0.05, 0.1) is 11.7 Å². The summed E-state index contributed by atoms with van der Waals surface area (Å²) in [5.41, 5.74) is -2.06. The monoisotopic (exact) mass is 532 g/mol. The number of benzene rings is 3. The number of ether oxygens (including phenoxy) is 2. The lowest BCUT2D eigenvalue weighted by Crippen LogP contribution is -2.53. The minimum atomic E-state index is -1.74. The van der Waals surface area contributed by atoms with E-state index >= 15 is 0 Å². The highest BCUT2D eigenvalue weighted by Gasteiger charge is 2.60. The summed E-state index contributed by atoms with van der Waals surface area (Å²) in [7, 11) is 0. The molecule has 0 unspecified atom stereocenters. The molecule has 0 fully saturated rings. The predicted molar refractivity (Wildman–Crippen MR) is 146 cm³/mol. The lowest BCUT2D eigenvalue weighted by atomic mass is 9.67. The first-order valence-corrected chi connectivity index (χ1v) is 12.7. The molecule has 0 saturated heterocycles. The summed E-state index contributed by atoms with van der Waals surface area (Å²) in [5.74, 6) is -1.29. The Morgan fingerprint density at radius 2 is 1.41 bits per heavy atom. The zero-order valence-electron chi connectivity index (χ0n) is 22.9. The van der Waals surface area contributed by atoms with Gasteiger partial charge in [-0.2, -0.15) is 0 Å². The van der Waals surface area contributed by atoms with Crippen LogP contribution in [-0.2, 0) is 19.7 Å². The van der Waals surface area contributed by atoms with E-state index in [1.54, 1.807) is 102 Å². The fourth-order valence-corrected chi connectivity index (χ4v) is 4.85. The molecule has 39 heavy (non-hydrogen) atoms. The van der Waals surface area contributed by atoms with Crippen LogP contribution in [0.5, 0.6) is 0 Å². The molecule has 4 rings (SSSR count). The summed E-state index contributed by atoms with van der Waals surface area (Å²) in [6, 6.07) is 20.3. The van der Waals surface area contributed by atoms with Gasteiger partial charge in [-0.15, -0.1) is 0 Å². The smallest absolute Gasteiger partial charge is 0.421 e. The third-order valence-corrected chi connectivity index (χ3v) is 6.20. The van der Waals surface area contributed by atoms with Crippen molar-refractivity contribution >= 4 is 23.8 Å². The molecule has 0 bridgehead atoms. The Kier molecular flexibility index (Phi) is 7.25. The zero-order chi connectivity index (χ0) is 28.6. The van der Waals surface area contributed by atoms with Gasteiger partial charge in [0.15, 0.2) is 0 Å². The fraction of sp³-hybridized carbons (Fsp3) is 0.323. The molecule has 0 aromatic heterocycles. The Bertz CT molecular complexity index is 1380. The number of anilines is 1. The molecule has 1 heterocycles. The Morgan fingerprint density at radius 1 is 0.846 bits per heavy atom. The number of imide groups is 1. The van der Waals surface area contributed by atoms with Crippen molar-refractivity contribution in [2.45, 2.75) is 64.2 Å². The van der Waals surface area contributed by atoms with Gasteiger partial charge in [-0.05, 0) is 70.9 Å². The van der Waals surface area contributed by atoms with Gasteiger partial charge in [0.25, 0.3) is 5.91 Å². The number of amides is 3. The van der Waals surface area contributed by atoms with Crippen LogP contribution in [-0.4, -0.2) is 29.3 Å². The average molecular weight is 533 g/mol. The number of rotatable bonds is 4. The second kappa shape index (κ2) is 10.2. The van der Waals surface area contributed by atoms with Gasteiger partial charge < -0.3 is 14.8 Å². The number of halogens is 1. The number of alkyl carbamates (subject to hydrolysis) is 1. The maximum atomic E-state index is 14.9. The highest BCUT2D eigenvalue weighted by Crippen LogP contribution is 2.53. The second-order valence-corrected chi connectivity index (χ2v) is 11.4. The van der Waals surface area contributed by atoms with E-state index in [1.807, 2.05) is 0 Å². The molecule has 1 aliphatic rings. The van der Waals surface area contributed by atoms with Gasteiger partial charge in [-0.3, -0.25) is 4.79 Å². The van der Waals surface area contributed by atoms with E-state index in [4.69, 9.17) is 9.47 Å². The number of carbonyl (C=O) groups excluding carboxylic acids is 3. The van der Waals surface area contributed by atoms with Crippen LogP contribution in [0.2, 0.25) is 0 Å². The van der Waals surface area contributed by atoms with Crippen LogP contribution in [0, 0.1) is 5.82 Å². The van der Waals surface area contributed by atoms with Crippen LogP contribution in [0.1, 0.15) is 64.3 Å². The number of nitrogens with one attached hydrogen (secondary N) is 1. The van der Waals surface area contributed by atoms with Gasteiger partial charge >= 0.3 is 12.2 Å². The first-order valence-electron chi connectivity index (χ1n) is 12.7. The van der Waals surface area contributed by atoms with Crippen molar-refractivity contribution in [1.29, 1.82) is 0 Å². The minimum absolute atomic E-state index is 0.173. The maximum Gasteiger partial charge on any atom is 0.421 e. The summed E-state index contributed by atoms with van der Waals surface area (Å²) in [4.78, 5) is 42.4.